The Balaban J connectivity index is 1.67. The van der Waals surface area contributed by atoms with Crippen molar-refractivity contribution >= 4 is 45.4 Å². The van der Waals surface area contributed by atoms with E-state index in [1.54, 1.807) is 23.1 Å². The van der Waals surface area contributed by atoms with E-state index >= 15 is 0 Å². The number of rotatable bonds is 2. The molecule has 0 spiro atoms. The Kier molecular flexibility index (Phi) is 4.59. The third-order valence-corrected chi connectivity index (χ3v) is 4.98. The minimum Gasteiger partial charge on any atom is -0.338 e. The van der Waals surface area contributed by atoms with Gasteiger partial charge in [0.05, 0.1) is 17.1 Å². The molecule has 0 saturated carbocycles. The zero-order valence-electron chi connectivity index (χ0n) is 12.2. The summed E-state index contributed by atoms with van der Waals surface area (Å²) in [4.78, 5) is 39.0. The number of carbonyl (C=O) groups is 3. The van der Waals surface area contributed by atoms with Gasteiger partial charge < -0.3 is 10.2 Å². The van der Waals surface area contributed by atoms with E-state index in [1.165, 1.54) is 4.90 Å². The summed E-state index contributed by atoms with van der Waals surface area (Å²) in [6.07, 6.45) is 1.16. The smallest absolute Gasteiger partial charge is 0.324 e. The molecule has 2 fully saturated rings. The van der Waals surface area contributed by atoms with Gasteiger partial charge in [-0.15, -0.1) is 0 Å². The third kappa shape index (κ3) is 3.21. The molecule has 3 rings (SSSR count). The second-order valence-electron chi connectivity index (χ2n) is 5.57. The molecule has 0 atom stereocenters. The molecule has 6 nitrogen and oxygen atoms in total. The molecule has 0 aliphatic carbocycles. The van der Waals surface area contributed by atoms with Crippen molar-refractivity contribution in [1.29, 1.82) is 0 Å². The fraction of sp³-hybridized carbons (Fsp3) is 0.400. The fourth-order valence-corrected chi connectivity index (χ4v) is 3.52. The molecule has 4 amide bonds. The Morgan fingerprint density at radius 3 is 2.57 bits per heavy atom. The molecule has 0 radical (unpaired) electrons. The van der Waals surface area contributed by atoms with Crippen molar-refractivity contribution in [2.24, 2.45) is 0 Å². The van der Waals surface area contributed by atoms with E-state index in [1.807, 2.05) is 0 Å². The lowest BCUT2D eigenvalue weighted by molar-refractivity contribution is -0.127. The summed E-state index contributed by atoms with van der Waals surface area (Å²) < 4.78 is 0.791. The molecule has 1 aromatic rings. The molecule has 1 aromatic carbocycles. The highest BCUT2D eigenvalue weighted by Gasteiger charge is 2.37. The van der Waals surface area contributed by atoms with Crippen molar-refractivity contribution in [3.05, 3.63) is 33.3 Å². The van der Waals surface area contributed by atoms with E-state index in [4.69, 9.17) is 11.6 Å². The predicted octanol–water partition coefficient (Wildman–Crippen LogP) is 2.26. The first kappa shape index (κ1) is 16.3. The maximum Gasteiger partial charge on any atom is 0.324 e. The van der Waals surface area contributed by atoms with E-state index in [0.29, 0.717) is 36.5 Å². The van der Waals surface area contributed by atoms with Crippen LogP contribution in [0.2, 0.25) is 5.02 Å². The number of urea groups is 1. The Morgan fingerprint density at radius 2 is 1.96 bits per heavy atom. The Hall–Kier alpha value is -1.60. The third-order valence-electron chi connectivity index (χ3n) is 4.15. The van der Waals surface area contributed by atoms with Crippen molar-refractivity contribution in [1.82, 2.24) is 15.1 Å². The zero-order chi connectivity index (χ0) is 16.6. The molecule has 0 unspecified atom stereocenters. The first-order valence-corrected chi connectivity index (χ1v) is 8.48. The molecular weight excluding hydrogens is 386 g/mol. The number of piperidine rings is 1. The van der Waals surface area contributed by atoms with Crippen LogP contribution in [0.15, 0.2) is 22.7 Å². The quantitative estimate of drug-likeness (QED) is 0.774. The van der Waals surface area contributed by atoms with Gasteiger partial charge in [0.15, 0.2) is 0 Å². The molecule has 2 heterocycles. The van der Waals surface area contributed by atoms with Crippen LogP contribution in [-0.4, -0.2) is 53.3 Å². The van der Waals surface area contributed by atoms with Gasteiger partial charge in [-0.25, -0.2) is 4.79 Å². The lowest BCUT2D eigenvalue weighted by Crippen LogP contribution is -2.49. The molecule has 2 aliphatic heterocycles. The molecule has 0 bridgehead atoms. The topological polar surface area (TPSA) is 69.7 Å². The average molecular weight is 401 g/mol. The van der Waals surface area contributed by atoms with Crippen LogP contribution in [0.1, 0.15) is 23.2 Å². The maximum absolute atomic E-state index is 12.6. The minimum atomic E-state index is -0.338. The van der Waals surface area contributed by atoms with E-state index < -0.39 is 0 Å². The summed E-state index contributed by atoms with van der Waals surface area (Å²) in [5, 5.41) is 2.94. The molecular formula is C15H15BrClN3O3. The van der Waals surface area contributed by atoms with Crippen molar-refractivity contribution in [2.75, 3.05) is 19.6 Å². The lowest BCUT2D eigenvalue weighted by atomic mass is 10.0. The highest BCUT2D eigenvalue weighted by atomic mass is 79.9. The number of imide groups is 1. The summed E-state index contributed by atoms with van der Waals surface area (Å²) >= 11 is 9.44. The monoisotopic (exact) mass is 399 g/mol. The average Bonchev–Trinajstić information content (AvgIpc) is 2.88. The van der Waals surface area contributed by atoms with E-state index in [0.717, 1.165) is 4.47 Å². The highest BCUT2D eigenvalue weighted by molar-refractivity contribution is 9.10. The van der Waals surface area contributed by atoms with Gasteiger partial charge in [0, 0.05) is 23.6 Å². The summed E-state index contributed by atoms with van der Waals surface area (Å²) in [5.41, 5.74) is 0.453. The van der Waals surface area contributed by atoms with Gasteiger partial charge in [-0.3, -0.25) is 14.5 Å². The van der Waals surface area contributed by atoms with E-state index in [9.17, 15) is 14.4 Å². The first-order chi connectivity index (χ1) is 11.0. The van der Waals surface area contributed by atoms with Gasteiger partial charge in [-0.05, 0) is 31.0 Å². The van der Waals surface area contributed by atoms with Crippen molar-refractivity contribution in [3.8, 4) is 0 Å². The summed E-state index contributed by atoms with van der Waals surface area (Å²) in [5.74, 6) is -0.332. The number of amides is 4. The van der Waals surface area contributed by atoms with E-state index in [2.05, 4.69) is 21.2 Å². The van der Waals surface area contributed by atoms with Gasteiger partial charge in [-0.1, -0.05) is 27.5 Å². The van der Waals surface area contributed by atoms with Crippen LogP contribution >= 0.6 is 27.5 Å². The minimum absolute atomic E-state index is 0.0611. The Morgan fingerprint density at radius 1 is 1.26 bits per heavy atom. The predicted molar refractivity (Wildman–Crippen MR) is 88.3 cm³/mol. The van der Waals surface area contributed by atoms with Crippen LogP contribution in [0.25, 0.3) is 0 Å². The number of hydrogen-bond donors (Lipinski definition) is 1. The second-order valence-corrected chi connectivity index (χ2v) is 6.89. The van der Waals surface area contributed by atoms with Crippen LogP contribution in [0, 0.1) is 0 Å². The molecule has 8 heteroatoms. The zero-order valence-corrected chi connectivity index (χ0v) is 14.6. The maximum atomic E-state index is 12.6. The molecule has 1 N–H and O–H groups in total. The number of benzene rings is 1. The number of halogens is 2. The number of nitrogens with zero attached hydrogens (tertiary/aromatic N) is 2. The van der Waals surface area contributed by atoms with Crippen LogP contribution in [-0.2, 0) is 4.79 Å². The SMILES string of the molecule is O=C(c1cc(Br)ccc1Cl)N1CCC(N2C(=O)CNC2=O)CC1. The number of nitrogens with one attached hydrogen (secondary N) is 1. The molecule has 2 aliphatic rings. The van der Waals surface area contributed by atoms with Crippen LogP contribution in [0.3, 0.4) is 0 Å². The fourth-order valence-electron chi connectivity index (χ4n) is 2.96. The Labute approximate surface area is 146 Å². The van der Waals surface area contributed by atoms with Crippen molar-refractivity contribution < 1.29 is 14.4 Å². The lowest BCUT2D eigenvalue weighted by Gasteiger charge is -2.35. The van der Waals surface area contributed by atoms with Crippen LogP contribution in [0.4, 0.5) is 4.79 Å². The molecule has 23 heavy (non-hydrogen) atoms. The van der Waals surface area contributed by atoms with Gasteiger partial charge in [-0.2, -0.15) is 0 Å². The van der Waals surface area contributed by atoms with Gasteiger partial charge in [0.2, 0.25) is 5.91 Å². The summed E-state index contributed by atoms with van der Waals surface area (Å²) in [7, 11) is 0. The molecule has 0 aromatic heterocycles. The van der Waals surface area contributed by atoms with Gasteiger partial charge >= 0.3 is 6.03 Å². The summed E-state index contributed by atoms with van der Waals surface area (Å²) in [6.45, 7) is 1.04. The van der Waals surface area contributed by atoms with Gasteiger partial charge in [0.25, 0.3) is 5.91 Å². The van der Waals surface area contributed by atoms with Crippen LogP contribution < -0.4 is 5.32 Å². The largest absolute Gasteiger partial charge is 0.338 e. The number of carbonyl (C=O) groups excluding carboxylic acids is 3. The first-order valence-electron chi connectivity index (χ1n) is 7.31. The highest BCUT2D eigenvalue weighted by Crippen LogP contribution is 2.25. The number of likely N-dealkylation sites (tertiary alicyclic amines) is 1. The van der Waals surface area contributed by atoms with Crippen molar-refractivity contribution in [3.63, 3.8) is 0 Å². The molecule has 122 valence electrons. The Bertz CT molecular complexity index is 658. The summed E-state index contributed by atoms with van der Waals surface area (Å²) in [6, 6.07) is 4.68. The normalized spacial score (nSPS) is 19.2. The van der Waals surface area contributed by atoms with Gasteiger partial charge in [0.1, 0.15) is 0 Å². The standard InChI is InChI=1S/C15H15BrClN3O3/c16-9-1-2-12(17)11(7-9)14(22)19-5-3-10(4-6-19)20-13(21)8-18-15(20)23/h1-2,7,10H,3-6,8H2,(H,18,23). The second kappa shape index (κ2) is 6.49. The van der Waals surface area contributed by atoms with Crippen molar-refractivity contribution in [2.45, 2.75) is 18.9 Å². The molecule has 2 saturated heterocycles. The van der Waals surface area contributed by atoms with E-state index in [-0.39, 0.29) is 30.4 Å². The van der Waals surface area contributed by atoms with Crippen LogP contribution in [0.5, 0.6) is 0 Å². The number of hydrogen-bond acceptors (Lipinski definition) is 3.